The Labute approximate surface area is 137 Å². The van der Waals surface area contributed by atoms with Crippen molar-refractivity contribution in [2.45, 2.75) is 25.4 Å². The lowest BCUT2D eigenvalue weighted by molar-refractivity contribution is 0.701. The van der Waals surface area contributed by atoms with Gasteiger partial charge in [-0.3, -0.25) is 4.79 Å². The summed E-state index contributed by atoms with van der Waals surface area (Å²) in [6.07, 6.45) is 3.93. The van der Waals surface area contributed by atoms with Gasteiger partial charge in [-0.15, -0.1) is 0 Å². The van der Waals surface area contributed by atoms with Gasteiger partial charge < -0.3 is 9.88 Å². The molecule has 2 aromatic heterocycles. The third-order valence-corrected chi connectivity index (χ3v) is 4.46. The standard InChI is InChI=1S/C16H16ClN5O/c1-21-16(23)15(17)12(8-19-21)18-9-14-20-11-4-2-3-5-13(11)22(14)10-6-7-10/h2-5,8,10,18H,6-7,9H2,1H3. The van der Waals surface area contributed by atoms with Gasteiger partial charge in [-0.05, 0) is 25.0 Å². The fourth-order valence-corrected chi connectivity index (χ4v) is 3.01. The Bertz CT molecular complexity index is 941. The summed E-state index contributed by atoms with van der Waals surface area (Å²) in [6, 6.07) is 8.66. The molecule has 23 heavy (non-hydrogen) atoms. The summed E-state index contributed by atoms with van der Waals surface area (Å²) < 4.78 is 3.50. The zero-order chi connectivity index (χ0) is 16.0. The average molecular weight is 330 g/mol. The molecular formula is C16H16ClN5O. The molecule has 2 heterocycles. The Balaban J connectivity index is 1.67. The molecule has 4 rings (SSSR count). The molecule has 0 aliphatic heterocycles. The first kappa shape index (κ1) is 14.3. The van der Waals surface area contributed by atoms with Crippen molar-refractivity contribution < 1.29 is 0 Å². The lowest BCUT2D eigenvalue weighted by atomic mass is 10.3. The molecule has 0 spiro atoms. The molecular weight excluding hydrogens is 314 g/mol. The van der Waals surface area contributed by atoms with Gasteiger partial charge in [-0.1, -0.05) is 23.7 Å². The maximum Gasteiger partial charge on any atom is 0.287 e. The second-order valence-electron chi connectivity index (χ2n) is 5.77. The molecule has 0 saturated heterocycles. The normalized spacial score (nSPS) is 14.3. The van der Waals surface area contributed by atoms with Gasteiger partial charge in [0.05, 0.1) is 29.5 Å². The van der Waals surface area contributed by atoms with E-state index >= 15 is 0 Å². The van der Waals surface area contributed by atoms with Crippen molar-refractivity contribution in [3.05, 3.63) is 51.7 Å². The van der Waals surface area contributed by atoms with E-state index in [4.69, 9.17) is 16.6 Å². The number of nitrogens with zero attached hydrogens (tertiary/aromatic N) is 4. The number of imidazole rings is 1. The molecule has 1 fully saturated rings. The maximum atomic E-state index is 11.8. The molecule has 0 unspecified atom stereocenters. The van der Waals surface area contributed by atoms with Crippen LogP contribution in [-0.2, 0) is 13.6 Å². The summed E-state index contributed by atoms with van der Waals surface area (Å²) in [5.74, 6) is 0.949. The molecule has 118 valence electrons. The van der Waals surface area contributed by atoms with E-state index in [0.717, 1.165) is 16.9 Å². The monoisotopic (exact) mass is 329 g/mol. The van der Waals surface area contributed by atoms with Gasteiger partial charge in [-0.2, -0.15) is 5.10 Å². The Morgan fingerprint density at radius 1 is 1.35 bits per heavy atom. The van der Waals surface area contributed by atoms with Crippen LogP contribution in [-0.4, -0.2) is 19.3 Å². The molecule has 0 atom stereocenters. The van der Waals surface area contributed by atoms with Crippen LogP contribution in [0.3, 0.4) is 0 Å². The van der Waals surface area contributed by atoms with Crippen molar-refractivity contribution in [3.63, 3.8) is 0 Å². The first-order valence-electron chi connectivity index (χ1n) is 7.56. The highest BCUT2D eigenvalue weighted by molar-refractivity contribution is 6.32. The molecule has 1 N–H and O–H groups in total. The van der Waals surface area contributed by atoms with Crippen LogP contribution < -0.4 is 10.9 Å². The van der Waals surface area contributed by atoms with Crippen LogP contribution in [0.15, 0.2) is 35.3 Å². The van der Waals surface area contributed by atoms with Crippen LogP contribution in [0.1, 0.15) is 24.7 Å². The lowest BCUT2D eigenvalue weighted by Crippen LogP contribution is -2.21. The van der Waals surface area contributed by atoms with Gasteiger partial charge in [0.15, 0.2) is 0 Å². The van der Waals surface area contributed by atoms with E-state index < -0.39 is 0 Å². The van der Waals surface area contributed by atoms with E-state index in [9.17, 15) is 4.79 Å². The van der Waals surface area contributed by atoms with Crippen LogP contribution >= 0.6 is 11.6 Å². The van der Waals surface area contributed by atoms with Gasteiger partial charge in [0.25, 0.3) is 5.56 Å². The Kier molecular flexibility index (Phi) is 3.34. The van der Waals surface area contributed by atoms with Crippen LogP contribution in [0.25, 0.3) is 11.0 Å². The first-order chi connectivity index (χ1) is 11.1. The Morgan fingerprint density at radius 3 is 2.91 bits per heavy atom. The SMILES string of the molecule is Cn1ncc(NCc2nc3ccccc3n2C2CC2)c(Cl)c1=O. The van der Waals surface area contributed by atoms with Crippen molar-refractivity contribution in [1.29, 1.82) is 0 Å². The topological polar surface area (TPSA) is 64.7 Å². The van der Waals surface area contributed by atoms with E-state index in [0.29, 0.717) is 18.3 Å². The van der Waals surface area contributed by atoms with Crippen molar-refractivity contribution >= 4 is 28.3 Å². The first-order valence-corrected chi connectivity index (χ1v) is 7.94. The number of aryl methyl sites for hydroxylation is 1. The molecule has 6 nitrogen and oxygen atoms in total. The minimum absolute atomic E-state index is 0.150. The van der Waals surface area contributed by atoms with Crippen LogP contribution in [0.4, 0.5) is 5.69 Å². The molecule has 1 saturated carbocycles. The zero-order valence-corrected chi connectivity index (χ0v) is 13.4. The minimum Gasteiger partial charge on any atom is -0.375 e. The number of aromatic nitrogens is 4. The molecule has 0 amide bonds. The zero-order valence-electron chi connectivity index (χ0n) is 12.7. The average Bonchev–Trinajstić information content (AvgIpc) is 3.32. The third kappa shape index (κ3) is 2.49. The molecule has 3 aromatic rings. The number of nitrogens with one attached hydrogen (secondary N) is 1. The van der Waals surface area contributed by atoms with Crippen LogP contribution in [0.2, 0.25) is 5.02 Å². The van der Waals surface area contributed by atoms with Gasteiger partial charge in [0, 0.05) is 13.1 Å². The summed E-state index contributed by atoms with van der Waals surface area (Å²) >= 11 is 6.10. The van der Waals surface area contributed by atoms with E-state index in [1.165, 1.54) is 17.5 Å². The number of para-hydroxylation sites is 2. The van der Waals surface area contributed by atoms with Crippen molar-refractivity contribution in [2.24, 2.45) is 7.05 Å². The molecule has 7 heteroatoms. The lowest BCUT2D eigenvalue weighted by Gasteiger charge is -2.10. The molecule has 1 aromatic carbocycles. The molecule has 1 aliphatic rings. The predicted octanol–water partition coefficient (Wildman–Crippen LogP) is 2.73. The maximum absolute atomic E-state index is 11.8. The predicted molar refractivity (Wildman–Crippen MR) is 89.8 cm³/mol. The minimum atomic E-state index is -0.313. The Hall–Kier alpha value is -2.34. The quantitative estimate of drug-likeness (QED) is 0.799. The van der Waals surface area contributed by atoms with Gasteiger partial charge >= 0.3 is 0 Å². The number of hydrogen-bond donors (Lipinski definition) is 1. The highest BCUT2D eigenvalue weighted by Crippen LogP contribution is 2.38. The number of rotatable bonds is 4. The second kappa shape index (κ2) is 5.38. The highest BCUT2D eigenvalue weighted by Gasteiger charge is 2.28. The van der Waals surface area contributed by atoms with Gasteiger partial charge in [0.2, 0.25) is 0 Å². The third-order valence-electron chi connectivity index (χ3n) is 4.10. The van der Waals surface area contributed by atoms with E-state index in [-0.39, 0.29) is 10.6 Å². The summed E-state index contributed by atoms with van der Waals surface area (Å²) in [5, 5.41) is 7.33. The summed E-state index contributed by atoms with van der Waals surface area (Å²) in [6.45, 7) is 0.500. The van der Waals surface area contributed by atoms with E-state index in [1.807, 2.05) is 18.2 Å². The largest absolute Gasteiger partial charge is 0.375 e. The number of hydrogen-bond acceptors (Lipinski definition) is 4. The summed E-state index contributed by atoms with van der Waals surface area (Å²) in [7, 11) is 1.57. The molecule has 0 radical (unpaired) electrons. The van der Waals surface area contributed by atoms with Crippen LogP contribution in [0, 0.1) is 0 Å². The summed E-state index contributed by atoms with van der Waals surface area (Å²) in [4.78, 5) is 16.5. The van der Waals surface area contributed by atoms with Gasteiger partial charge in [-0.25, -0.2) is 9.67 Å². The summed E-state index contributed by atoms with van der Waals surface area (Å²) in [5.41, 5.74) is 2.36. The fourth-order valence-electron chi connectivity index (χ4n) is 2.77. The van der Waals surface area contributed by atoms with Crippen LogP contribution in [0.5, 0.6) is 0 Å². The number of fused-ring (bicyclic) bond motifs is 1. The van der Waals surface area contributed by atoms with E-state index in [1.54, 1.807) is 13.2 Å². The van der Waals surface area contributed by atoms with E-state index in [2.05, 4.69) is 21.0 Å². The number of benzene rings is 1. The fraction of sp³-hybridized carbons (Fsp3) is 0.312. The van der Waals surface area contributed by atoms with Crippen molar-refractivity contribution in [1.82, 2.24) is 19.3 Å². The Morgan fingerprint density at radius 2 is 2.13 bits per heavy atom. The van der Waals surface area contributed by atoms with Gasteiger partial charge in [0.1, 0.15) is 10.8 Å². The number of halogens is 1. The molecule has 1 aliphatic carbocycles. The second-order valence-corrected chi connectivity index (χ2v) is 6.15. The van der Waals surface area contributed by atoms with Crippen molar-refractivity contribution in [2.75, 3.05) is 5.32 Å². The number of anilines is 1. The highest BCUT2D eigenvalue weighted by atomic mass is 35.5. The van der Waals surface area contributed by atoms with Crippen molar-refractivity contribution in [3.8, 4) is 0 Å². The smallest absolute Gasteiger partial charge is 0.287 e. The molecule has 0 bridgehead atoms.